The number of urea groups is 1. The van der Waals surface area contributed by atoms with Crippen LogP contribution in [0.2, 0.25) is 0 Å². The van der Waals surface area contributed by atoms with E-state index in [0.29, 0.717) is 6.54 Å². The van der Waals surface area contributed by atoms with E-state index in [9.17, 15) is 18.4 Å². The fourth-order valence-electron chi connectivity index (χ4n) is 2.87. The lowest BCUT2D eigenvalue weighted by molar-refractivity contribution is -0.117. The minimum absolute atomic E-state index is 0.0774. The topological polar surface area (TPSA) is 61.4 Å². The molecule has 1 heterocycles. The van der Waals surface area contributed by atoms with E-state index in [2.05, 4.69) is 10.6 Å². The van der Waals surface area contributed by atoms with Crippen molar-refractivity contribution in [1.29, 1.82) is 0 Å². The van der Waals surface area contributed by atoms with Crippen molar-refractivity contribution in [3.05, 3.63) is 59.2 Å². The van der Waals surface area contributed by atoms with Crippen molar-refractivity contribution >= 4 is 23.3 Å². The number of halogens is 2. The van der Waals surface area contributed by atoms with Crippen LogP contribution in [0.15, 0.2) is 36.4 Å². The minimum atomic E-state index is -1.04. The number of aryl methyl sites for hydroxylation is 2. The number of nitrogens with one attached hydrogen (secondary N) is 2. The summed E-state index contributed by atoms with van der Waals surface area (Å²) in [5.41, 5.74) is 3.16. The Kier molecular flexibility index (Phi) is 4.88. The molecule has 0 saturated carbocycles. The van der Waals surface area contributed by atoms with Gasteiger partial charge in [-0.1, -0.05) is 6.07 Å². The highest BCUT2D eigenvalue weighted by Crippen LogP contribution is 2.24. The molecule has 1 aliphatic rings. The Hall–Kier alpha value is -2.96. The number of rotatable bonds is 3. The van der Waals surface area contributed by atoms with Gasteiger partial charge in [0, 0.05) is 30.4 Å². The zero-order chi connectivity index (χ0) is 18.8. The molecule has 1 saturated heterocycles. The Bertz CT molecular complexity index is 870. The van der Waals surface area contributed by atoms with Gasteiger partial charge in [-0.25, -0.2) is 13.6 Å². The first-order chi connectivity index (χ1) is 12.3. The van der Waals surface area contributed by atoms with Crippen molar-refractivity contribution in [2.45, 2.75) is 26.3 Å². The summed E-state index contributed by atoms with van der Waals surface area (Å²) in [6, 6.07) is 7.93. The molecule has 1 fully saturated rings. The first kappa shape index (κ1) is 17.8. The SMILES string of the molecule is Cc1ccc(N2C[C@H](NC(=O)Nc3ccc(F)c(F)c3)CC2=O)cc1C. The molecule has 0 spiro atoms. The Morgan fingerprint density at radius 2 is 1.85 bits per heavy atom. The predicted molar refractivity (Wildman–Crippen MR) is 95.2 cm³/mol. The number of nitrogens with zero attached hydrogens (tertiary/aromatic N) is 1. The van der Waals surface area contributed by atoms with E-state index in [4.69, 9.17) is 0 Å². The van der Waals surface area contributed by atoms with Crippen molar-refractivity contribution in [2.75, 3.05) is 16.8 Å². The molecular formula is C19H19F2N3O2. The first-order valence-electron chi connectivity index (χ1n) is 8.23. The van der Waals surface area contributed by atoms with Crippen LogP contribution in [0.1, 0.15) is 17.5 Å². The van der Waals surface area contributed by atoms with Gasteiger partial charge in [0.15, 0.2) is 11.6 Å². The third-order valence-electron chi connectivity index (χ3n) is 4.44. The lowest BCUT2D eigenvalue weighted by atomic mass is 10.1. The van der Waals surface area contributed by atoms with Gasteiger partial charge in [0.2, 0.25) is 5.91 Å². The molecule has 0 aliphatic carbocycles. The van der Waals surface area contributed by atoms with Crippen LogP contribution in [-0.2, 0) is 4.79 Å². The molecule has 2 aromatic rings. The number of amides is 3. The molecule has 0 radical (unpaired) electrons. The van der Waals surface area contributed by atoms with Gasteiger partial charge in [-0.15, -0.1) is 0 Å². The number of anilines is 2. The number of hydrogen-bond donors (Lipinski definition) is 2. The van der Waals surface area contributed by atoms with E-state index in [0.717, 1.165) is 28.9 Å². The van der Waals surface area contributed by atoms with Gasteiger partial charge in [0.05, 0.1) is 6.04 Å². The third kappa shape index (κ3) is 3.82. The van der Waals surface area contributed by atoms with Crippen LogP contribution < -0.4 is 15.5 Å². The average Bonchev–Trinajstić information content (AvgIpc) is 2.93. The summed E-state index contributed by atoms with van der Waals surface area (Å²) in [7, 11) is 0. The number of benzene rings is 2. The van der Waals surface area contributed by atoms with Crippen LogP contribution in [0.4, 0.5) is 25.0 Å². The molecule has 3 amide bonds. The highest BCUT2D eigenvalue weighted by Gasteiger charge is 2.31. The molecule has 136 valence electrons. The second-order valence-electron chi connectivity index (χ2n) is 6.40. The predicted octanol–water partition coefficient (Wildman–Crippen LogP) is 3.51. The maximum absolute atomic E-state index is 13.2. The van der Waals surface area contributed by atoms with E-state index >= 15 is 0 Å². The van der Waals surface area contributed by atoms with Crippen molar-refractivity contribution in [3.8, 4) is 0 Å². The summed E-state index contributed by atoms with van der Waals surface area (Å²) >= 11 is 0. The number of carbonyl (C=O) groups is 2. The quantitative estimate of drug-likeness (QED) is 0.881. The molecule has 26 heavy (non-hydrogen) atoms. The second-order valence-corrected chi connectivity index (χ2v) is 6.40. The van der Waals surface area contributed by atoms with Gasteiger partial charge < -0.3 is 15.5 Å². The molecule has 2 aromatic carbocycles. The van der Waals surface area contributed by atoms with Crippen molar-refractivity contribution in [1.82, 2.24) is 5.32 Å². The summed E-state index contributed by atoms with van der Waals surface area (Å²) in [4.78, 5) is 25.9. The Morgan fingerprint density at radius 1 is 1.08 bits per heavy atom. The van der Waals surface area contributed by atoms with Gasteiger partial charge in [-0.3, -0.25) is 4.79 Å². The molecule has 5 nitrogen and oxygen atoms in total. The molecular weight excluding hydrogens is 340 g/mol. The molecule has 0 unspecified atom stereocenters. The molecule has 1 aliphatic heterocycles. The Labute approximate surface area is 150 Å². The van der Waals surface area contributed by atoms with E-state index in [-0.39, 0.29) is 24.1 Å². The molecule has 7 heteroatoms. The van der Waals surface area contributed by atoms with Gasteiger partial charge in [0.1, 0.15) is 0 Å². The third-order valence-corrected chi connectivity index (χ3v) is 4.44. The fourth-order valence-corrected chi connectivity index (χ4v) is 2.87. The van der Waals surface area contributed by atoms with Gasteiger partial charge in [0.25, 0.3) is 0 Å². The summed E-state index contributed by atoms with van der Waals surface area (Å²) < 4.78 is 26.1. The molecule has 1 atom stereocenters. The van der Waals surface area contributed by atoms with E-state index in [1.807, 2.05) is 32.0 Å². The van der Waals surface area contributed by atoms with Gasteiger partial charge >= 0.3 is 6.03 Å². The summed E-state index contributed by atoms with van der Waals surface area (Å²) in [6.07, 6.45) is 0.179. The fraction of sp³-hybridized carbons (Fsp3) is 0.263. The molecule has 3 rings (SSSR count). The standard InChI is InChI=1S/C19H19F2N3O2/c1-11-3-5-15(7-12(11)2)24-10-14(9-18(24)25)23-19(26)22-13-4-6-16(20)17(21)8-13/h3-8,14H,9-10H2,1-2H3,(H2,22,23,26)/t14-/m1/s1. The van der Waals surface area contributed by atoms with E-state index in [1.54, 1.807) is 4.90 Å². The molecule has 2 N–H and O–H groups in total. The van der Waals surface area contributed by atoms with E-state index in [1.165, 1.54) is 6.07 Å². The number of hydrogen-bond acceptors (Lipinski definition) is 2. The van der Waals surface area contributed by atoms with Crippen LogP contribution in [-0.4, -0.2) is 24.5 Å². The summed E-state index contributed by atoms with van der Waals surface area (Å²) in [6.45, 7) is 4.33. The van der Waals surface area contributed by atoms with Crippen LogP contribution in [0.3, 0.4) is 0 Å². The zero-order valence-electron chi connectivity index (χ0n) is 14.5. The highest BCUT2D eigenvalue weighted by molar-refractivity contribution is 5.97. The monoisotopic (exact) mass is 359 g/mol. The van der Waals surface area contributed by atoms with Crippen molar-refractivity contribution in [3.63, 3.8) is 0 Å². The summed E-state index contributed by atoms with van der Waals surface area (Å²) in [5, 5.41) is 5.13. The van der Waals surface area contributed by atoms with Crippen LogP contribution in [0.25, 0.3) is 0 Å². The normalized spacial score (nSPS) is 16.7. The van der Waals surface area contributed by atoms with Crippen molar-refractivity contribution in [2.24, 2.45) is 0 Å². The van der Waals surface area contributed by atoms with Gasteiger partial charge in [-0.05, 0) is 49.2 Å². The van der Waals surface area contributed by atoms with Crippen LogP contribution in [0.5, 0.6) is 0 Å². The molecule has 0 aromatic heterocycles. The zero-order valence-corrected chi connectivity index (χ0v) is 14.5. The molecule has 0 bridgehead atoms. The van der Waals surface area contributed by atoms with Gasteiger partial charge in [-0.2, -0.15) is 0 Å². The smallest absolute Gasteiger partial charge is 0.319 e. The average molecular weight is 359 g/mol. The Morgan fingerprint density at radius 3 is 2.54 bits per heavy atom. The van der Waals surface area contributed by atoms with E-state index < -0.39 is 17.7 Å². The highest BCUT2D eigenvalue weighted by atomic mass is 19.2. The first-order valence-corrected chi connectivity index (χ1v) is 8.23. The largest absolute Gasteiger partial charge is 0.333 e. The lowest BCUT2D eigenvalue weighted by Crippen LogP contribution is -2.39. The minimum Gasteiger partial charge on any atom is -0.333 e. The van der Waals surface area contributed by atoms with Crippen LogP contribution >= 0.6 is 0 Å². The van der Waals surface area contributed by atoms with Crippen LogP contribution in [0, 0.1) is 25.5 Å². The van der Waals surface area contributed by atoms with Crippen molar-refractivity contribution < 1.29 is 18.4 Å². The Balaban J connectivity index is 1.62. The lowest BCUT2D eigenvalue weighted by Gasteiger charge is -2.18. The maximum Gasteiger partial charge on any atom is 0.319 e. The second kappa shape index (κ2) is 7.11. The summed E-state index contributed by atoms with van der Waals surface area (Å²) in [5.74, 6) is -2.10. The maximum atomic E-state index is 13.2. The number of carbonyl (C=O) groups excluding carboxylic acids is 2.